The standard InChI is InChI=1S/C13H25NO2S/c1-3-8-14-12(11-6-4-5-7-11)9-17-10-13(15)16-2/h11-12,14H,3-10H2,1-2H3. The second-order valence-electron chi connectivity index (χ2n) is 4.70. The van der Waals surface area contributed by atoms with E-state index in [1.54, 1.807) is 11.8 Å². The summed E-state index contributed by atoms with van der Waals surface area (Å²) in [5.74, 6) is 2.20. The first-order chi connectivity index (χ1) is 8.27. The van der Waals surface area contributed by atoms with Crippen molar-refractivity contribution >= 4 is 17.7 Å². The normalized spacial score (nSPS) is 18.2. The predicted molar refractivity (Wildman–Crippen MR) is 73.4 cm³/mol. The van der Waals surface area contributed by atoms with Gasteiger partial charge >= 0.3 is 5.97 Å². The molecule has 0 bridgehead atoms. The molecule has 1 aliphatic carbocycles. The summed E-state index contributed by atoms with van der Waals surface area (Å²) in [4.78, 5) is 11.1. The Hall–Kier alpha value is -0.220. The van der Waals surface area contributed by atoms with Crippen LogP contribution in [-0.2, 0) is 9.53 Å². The van der Waals surface area contributed by atoms with Crippen LogP contribution in [0.5, 0.6) is 0 Å². The van der Waals surface area contributed by atoms with Crippen molar-refractivity contribution in [1.29, 1.82) is 0 Å². The lowest BCUT2D eigenvalue weighted by Crippen LogP contribution is -2.38. The molecule has 0 aliphatic heterocycles. The minimum Gasteiger partial charge on any atom is -0.468 e. The smallest absolute Gasteiger partial charge is 0.315 e. The Morgan fingerprint density at radius 2 is 2.18 bits per heavy atom. The van der Waals surface area contributed by atoms with Crippen molar-refractivity contribution in [3.05, 3.63) is 0 Å². The van der Waals surface area contributed by atoms with E-state index in [2.05, 4.69) is 17.0 Å². The molecule has 1 N–H and O–H groups in total. The Morgan fingerprint density at radius 1 is 1.47 bits per heavy atom. The fraction of sp³-hybridized carbons (Fsp3) is 0.923. The topological polar surface area (TPSA) is 38.3 Å². The van der Waals surface area contributed by atoms with Crippen molar-refractivity contribution in [3.63, 3.8) is 0 Å². The van der Waals surface area contributed by atoms with Crippen LogP contribution in [0.15, 0.2) is 0 Å². The van der Waals surface area contributed by atoms with Gasteiger partial charge in [0.15, 0.2) is 0 Å². The number of hydrogen-bond donors (Lipinski definition) is 1. The lowest BCUT2D eigenvalue weighted by molar-refractivity contribution is -0.137. The number of carbonyl (C=O) groups is 1. The summed E-state index contributed by atoms with van der Waals surface area (Å²) < 4.78 is 4.66. The number of thioether (sulfide) groups is 1. The number of nitrogens with one attached hydrogen (secondary N) is 1. The zero-order valence-corrected chi connectivity index (χ0v) is 11.9. The van der Waals surface area contributed by atoms with E-state index in [9.17, 15) is 4.79 Å². The van der Waals surface area contributed by atoms with Gasteiger partial charge in [0.1, 0.15) is 0 Å². The monoisotopic (exact) mass is 259 g/mol. The molecule has 0 saturated heterocycles. The summed E-state index contributed by atoms with van der Waals surface area (Å²) in [5.41, 5.74) is 0. The number of ether oxygens (including phenoxy) is 1. The Morgan fingerprint density at radius 3 is 2.76 bits per heavy atom. The SMILES string of the molecule is CCCNC(CSCC(=O)OC)C1CCCC1. The zero-order chi connectivity index (χ0) is 12.5. The van der Waals surface area contributed by atoms with Crippen LogP contribution >= 0.6 is 11.8 Å². The molecule has 1 atom stereocenters. The van der Waals surface area contributed by atoms with Gasteiger partial charge in [0.05, 0.1) is 12.9 Å². The minimum absolute atomic E-state index is 0.115. The summed E-state index contributed by atoms with van der Waals surface area (Å²) in [7, 11) is 1.45. The molecule has 0 spiro atoms. The molecule has 100 valence electrons. The van der Waals surface area contributed by atoms with Crippen LogP contribution in [0, 0.1) is 5.92 Å². The van der Waals surface area contributed by atoms with Gasteiger partial charge in [-0.25, -0.2) is 0 Å². The van der Waals surface area contributed by atoms with Gasteiger partial charge < -0.3 is 10.1 Å². The molecule has 0 aromatic carbocycles. The van der Waals surface area contributed by atoms with E-state index in [1.165, 1.54) is 39.2 Å². The molecule has 3 nitrogen and oxygen atoms in total. The Balaban J connectivity index is 2.26. The van der Waals surface area contributed by atoms with Gasteiger partial charge in [-0.3, -0.25) is 4.79 Å². The van der Waals surface area contributed by atoms with E-state index < -0.39 is 0 Å². The van der Waals surface area contributed by atoms with E-state index in [-0.39, 0.29) is 5.97 Å². The van der Waals surface area contributed by atoms with Crippen LogP contribution in [0.25, 0.3) is 0 Å². The van der Waals surface area contributed by atoms with Gasteiger partial charge in [-0.2, -0.15) is 0 Å². The Labute approximate surface area is 109 Å². The molecule has 1 aliphatic rings. The molecule has 17 heavy (non-hydrogen) atoms. The van der Waals surface area contributed by atoms with E-state index in [0.717, 1.165) is 18.2 Å². The van der Waals surface area contributed by atoms with Crippen LogP contribution in [0.3, 0.4) is 0 Å². The lowest BCUT2D eigenvalue weighted by atomic mass is 10.00. The van der Waals surface area contributed by atoms with E-state index >= 15 is 0 Å². The molecule has 4 heteroatoms. The average molecular weight is 259 g/mol. The molecule has 1 unspecified atom stereocenters. The largest absolute Gasteiger partial charge is 0.468 e. The van der Waals surface area contributed by atoms with Gasteiger partial charge in [0.25, 0.3) is 0 Å². The molecule has 1 fully saturated rings. The minimum atomic E-state index is -0.115. The highest BCUT2D eigenvalue weighted by Crippen LogP contribution is 2.29. The maximum Gasteiger partial charge on any atom is 0.315 e. The van der Waals surface area contributed by atoms with Gasteiger partial charge in [-0.05, 0) is 31.7 Å². The van der Waals surface area contributed by atoms with Crippen LogP contribution in [0.2, 0.25) is 0 Å². The number of carbonyl (C=O) groups excluding carboxylic acids is 1. The van der Waals surface area contributed by atoms with Crippen molar-refractivity contribution < 1.29 is 9.53 Å². The third-order valence-corrected chi connectivity index (χ3v) is 4.41. The molecule has 1 saturated carbocycles. The maximum atomic E-state index is 11.1. The third-order valence-electron chi connectivity index (χ3n) is 3.37. The molecule has 0 radical (unpaired) electrons. The summed E-state index contributed by atoms with van der Waals surface area (Å²) in [6.45, 7) is 3.28. The van der Waals surface area contributed by atoms with Crippen molar-refractivity contribution in [3.8, 4) is 0 Å². The van der Waals surface area contributed by atoms with Crippen molar-refractivity contribution in [1.82, 2.24) is 5.32 Å². The molecule has 0 amide bonds. The third kappa shape index (κ3) is 5.77. The van der Waals surface area contributed by atoms with Gasteiger partial charge in [-0.15, -0.1) is 11.8 Å². The van der Waals surface area contributed by atoms with Gasteiger partial charge in [-0.1, -0.05) is 19.8 Å². The number of rotatable bonds is 8. The summed E-state index contributed by atoms with van der Waals surface area (Å²) in [6, 6.07) is 0.576. The van der Waals surface area contributed by atoms with E-state index in [1.807, 2.05) is 0 Å². The molecule has 1 rings (SSSR count). The number of esters is 1. The highest BCUT2D eigenvalue weighted by molar-refractivity contribution is 7.99. The molecule has 0 heterocycles. The van der Waals surface area contributed by atoms with Gasteiger partial charge in [0.2, 0.25) is 0 Å². The van der Waals surface area contributed by atoms with Gasteiger partial charge in [0, 0.05) is 11.8 Å². The van der Waals surface area contributed by atoms with Crippen LogP contribution in [-0.4, -0.2) is 37.2 Å². The fourth-order valence-corrected chi connectivity index (χ4v) is 3.43. The summed E-state index contributed by atoms with van der Waals surface area (Å²) in [6.07, 6.45) is 6.61. The Kier molecular flexibility index (Phi) is 7.69. The van der Waals surface area contributed by atoms with Crippen LogP contribution in [0.4, 0.5) is 0 Å². The Bertz CT molecular complexity index is 217. The van der Waals surface area contributed by atoms with Crippen molar-refractivity contribution in [2.45, 2.75) is 45.1 Å². The fourth-order valence-electron chi connectivity index (χ4n) is 2.38. The van der Waals surface area contributed by atoms with E-state index in [4.69, 9.17) is 0 Å². The first-order valence-electron chi connectivity index (χ1n) is 6.65. The quantitative estimate of drug-likeness (QED) is 0.680. The zero-order valence-electron chi connectivity index (χ0n) is 11.0. The molecule has 0 aromatic heterocycles. The molecule has 0 aromatic rings. The molecular weight excluding hydrogens is 234 g/mol. The second kappa shape index (κ2) is 8.81. The maximum absolute atomic E-state index is 11.1. The van der Waals surface area contributed by atoms with Crippen molar-refractivity contribution in [2.75, 3.05) is 25.2 Å². The number of methoxy groups -OCH3 is 1. The molecular formula is C13H25NO2S. The van der Waals surface area contributed by atoms with Crippen molar-refractivity contribution in [2.24, 2.45) is 5.92 Å². The predicted octanol–water partition coefficient (Wildman–Crippen LogP) is 2.45. The number of hydrogen-bond acceptors (Lipinski definition) is 4. The summed E-state index contributed by atoms with van der Waals surface area (Å²) >= 11 is 1.69. The van der Waals surface area contributed by atoms with Crippen LogP contribution in [0.1, 0.15) is 39.0 Å². The average Bonchev–Trinajstić information content (AvgIpc) is 2.86. The second-order valence-corrected chi connectivity index (χ2v) is 5.73. The first kappa shape index (κ1) is 14.8. The highest BCUT2D eigenvalue weighted by Gasteiger charge is 2.24. The van der Waals surface area contributed by atoms with E-state index in [0.29, 0.717) is 11.8 Å². The first-order valence-corrected chi connectivity index (χ1v) is 7.81. The highest BCUT2D eigenvalue weighted by atomic mass is 32.2. The van der Waals surface area contributed by atoms with Crippen LogP contribution < -0.4 is 5.32 Å². The lowest BCUT2D eigenvalue weighted by Gasteiger charge is -2.24. The summed E-state index contributed by atoms with van der Waals surface area (Å²) in [5, 5.41) is 3.63.